The summed E-state index contributed by atoms with van der Waals surface area (Å²) in [5.74, 6) is -4.66. The molecule has 120 valence electrons. The third-order valence-corrected chi connectivity index (χ3v) is 2.76. The predicted molar refractivity (Wildman–Crippen MR) is 74.6 cm³/mol. The van der Waals surface area contributed by atoms with Crippen molar-refractivity contribution in [3.05, 3.63) is 0 Å². The molecule has 0 bridgehead atoms. The van der Waals surface area contributed by atoms with Crippen molar-refractivity contribution in [2.24, 2.45) is 11.5 Å². The van der Waals surface area contributed by atoms with Crippen LogP contribution in [-0.2, 0) is 19.2 Å². The number of nitrogens with one attached hydrogen (secondary N) is 2. The number of carbonyl (C=O) groups excluding carboxylic acids is 2. The van der Waals surface area contributed by atoms with E-state index in [0.29, 0.717) is 0 Å². The molecule has 0 aromatic rings. The average molecular weight is 322 g/mol. The van der Waals surface area contributed by atoms with E-state index in [2.05, 4.69) is 23.3 Å². The van der Waals surface area contributed by atoms with Gasteiger partial charge >= 0.3 is 11.9 Å². The van der Waals surface area contributed by atoms with Gasteiger partial charge in [0.1, 0.15) is 12.1 Å². The average Bonchev–Trinajstić information content (AvgIpc) is 2.41. The van der Waals surface area contributed by atoms with Gasteiger partial charge in [-0.25, -0.2) is 4.79 Å². The zero-order chi connectivity index (χ0) is 16.6. The minimum Gasteiger partial charge on any atom is -0.481 e. The first kappa shape index (κ1) is 19.1. The lowest BCUT2D eigenvalue weighted by atomic mass is 10.1. The van der Waals surface area contributed by atoms with Gasteiger partial charge in [-0.05, 0) is 0 Å². The van der Waals surface area contributed by atoms with Gasteiger partial charge in [0, 0.05) is 12.3 Å². The maximum Gasteiger partial charge on any atom is 0.327 e. The first-order valence-corrected chi connectivity index (χ1v) is 6.48. The molecule has 10 nitrogen and oxygen atoms in total. The van der Waals surface area contributed by atoms with Crippen LogP contribution in [0.2, 0.25) is 0 Å². The molecular formula is C10H18N4O6S. The van der Waals surface area contributed by atoms with E-state index in [-0.39, 0.29) is 12.3 Å². The molecule has 0 heterocycles. The Morgan fingerprint density at radius 1 is 1.05 bits per heavy atom. The highest BCUT2D eigenvalue weighted by atomic mass is 32.1. The molecule has 21 heavy (non-hydrogen) atoms. The largest absolute Gasteiger partial charge is 0.481 e. The van der Waals surface area contributed by atoms with Crippen LogP contribution in [0, 0.1) is 0 Å². The van der Waals surface area contributed by atoms with Gasteiger partial charge in [0.15, 0.2) is 0 Å². The molecule has 11 heteroatoms. The van der Waals surface area contributed by atoms with Crippen LogP contribution >= 0.6 is 12.6 Å². The summed E-state index contributed by atoms with van der Waals surface area (Å²) in [6, 6.07) is -3.87. The fourth-order valence-corrected chi connectivity index (χ4v) is 1.47. The van der Waals surface area contributed by atoms with Crippen LogP contribution in [0.5, 0.6) is 0 Å². The van der Waals surface area contributed by atoms with Gasteiger partial charge in [0.25, 0.3) is 0 Å². The molecule has 0 aromatic carbocycles. The number of hydrogen-bond donors (Lipinski definition) is 7. The minimum absolute atomic E-state index is 0.193. The third kappa shape index (κ3) is 6.92. The van der Waals surface area contributed by atoms with Crippen LogP contribution in [0.3, 0.4) is 0 Å². The normalized spacial score (nSPS) is 14.6. The highest BCUT2D eigenvalue weighted by Gasteiger charge is 2.28. The van der Waals surface area contributed by atoms with Gasteiger partial charge in [-0.15, -0.1) is 0 Å². The highest BCUT2D eigenvalue weighted by molar-refractivity contribution is 7.80. The maximum absolute atomic E-state index is 11.8. The Morgan fingerprint density at radius 2 is 1.57 bits per heavy atom. The second kappa shape index (κ2) is 9.15. The maximum atomic E-state index is 11.8. The van der Waals surface area contributed by atoms with Crippen molar-refractivity contribution in [3.63, 3.8) is 0 Å². The molecule has 2 amide bonds. The molecule has 1 unspecified atom stereocenters. The van der Waals surface area contributed by atoms with Gasteiger partial charge in [0.2, 0.25) is 11.8 Å². The van der Waals surface area contributed by atoms with Gasteiger partial charge in [-0.1, -0.05) is 0 Å². The van der Waals surface area contributed by atoms with Crippen LogP contribution in [-0.4, -0.2) is 64.4 Å². The van der Waals surface area contributed by atoms with E-state index in [1.165, 1.54) is 0 Å². The number of thiol groups is 1. The Hall–Kier alpha value is -1.85. The molecule has 0 aromatic heterocycles. The summed E-state index contributed by atoms with van der Waals surface area (Å²) in [6.07, 6.45) is -0.728. The molecular weight excluding hydrogens is 304 g/mol. The van der Waals surface area contributed by atoms with Crippen LogP contribution in [0.15, 0.2) is 0 Å². The van der Waals surface area contributed by atoms with E-state index >= 15 is 0 Å². The van der Waals surface area contributed by atoms with Crippen LogP contribution < -0.4 is 22.1 Å². The van der Waals surface area contributed by atoms with E-state index in [4.69, 9.17) is 21.7 Å². The Balaban J connectivity index is 4.88. The summed E-state index contributed by atoms with van der Waals surface area (Å²) < 4.78 is 0. The molecule has 0 rings (SSSR count). The van der Waals surface area contributed by atoms with E-state index in [1.54, 1.807) is 0 Å². The summed E-state index contributed by atoms with van der Waals surface area (Å²) in [6.45, 7) is -0.193. The van der Waals surface area contributed by atoms with Gasteiger partial charge < -0.3 is 32.3 Å². The SMILES string of the molecule is NCC(N)C(=O)N[C@@H](CC(=O)O)C(=O)N[C@@H](CS)C(=O)O. The third-order valence-electron chi connectivity index (χ3n) is 2.40. The quantitative estimate of drug-likeness (QED) is 0.215. The van der Waals surface area contributed by atoms with Crippen molar-refractivity contribution in [2.45, 2.75) is 24.5 Å². The summed E-state index contributed by atoms with van der Waals surface area (Å²) in [4.78, 5) is 44.9. The van der Waals surface area contributed by atoms with Crippen molar-refractivity contribution in [3.8, 4) is 0 Å². The molecule has 0 saturated carbocycles. The van der Waals surface area contributed by atoms with Crippen LogP contribution in [0.1, 0.15) is 6.42 Å². The molecule has 0 aliphatic carbocycles. The lowest BCUT2D eigenvalue weighted by molar-refractivity contribution is -0.142. The van der Waals surface area contributed by atoms with Crippen LogP contribution in [0.4, 0.5) is 0 Å². The number of carbonyl (C=O) groups is 4. The molecule has 0 saturated heterocycles. The van der Waals surface area contributed by atoms with Gasteiger partial charge in [-0.3, -0.25) is 14.4 Å². The van der Waals surface area contributed by atoms with Crippen molar-refractivity contribution in [2.75, 3.05) is 12.3 Å². The summed E-state index contributed by atoms with van der Waals surface area (Å²) in [7, 11) is 0. The van der Waals surface area contributed by atoms with E-state index in [0.717, 1.165) is 0 Å². The number of aliphatic carboxylic acids is 2. The minimum atomic E-state index is -1.46. The fourth-order valence-electron chi connectivity index (χ4n) is 1.23. The molecule has 0 aliphatic rings. The van der Waals surface area contributed by atoms with Crippen molar-refractivity contribution in [1.82, 2.24) is 10.6 Å². The number of rotatable bonds is 9. The molecule has 0 aliphatic heterocycles. The predicted octanol–water partition coefficient (Wildman–Crippen LogP) is -3.27. The standard InChI is InChI=1S/C10H18N4O6S/c11-2-4(12)8(17)13-5(1-7(15)16)9(18)14-6(3-21)10(19)20/h4-6,21H,1-3,11-12H2,(H,13,17)(H,14,18)(H,15,16)(H,19,20)/t4?,5-,6-/m0/s1. The first-order valence-electron chi connectivity index (χ1n) is 5.84. The summed E-state index contributed by atoms with van der Waals surface area (Å²) in [5, 5.41) is 21.7. The smallest absolute Gasteiger partial charge is 0.327 e. The molecule has 0 spiro atoms. The monoisotopic (exact) mass is 322 g/mol. The van der Waals surface area contributed by atoms with E-state index in [1.807, 2.05) is 0 Å². The molecule has 0 radical (unpaired) electrons. The van der Waals surface area contributed by atoms with Gasteiger partial charge in [0.05, 0.1) is 12.5 Å². The number of carboxylic acids is 2. The zero-order valence-electron chi connectivity index (χ0n) is 11.0. The Morgan fingerprint density at radius 3 is 1.95 bits per heavy atom. The second-order valence-electron chi connectivity index (χ2n) is 4.08. The lowest BCUT2D eigenvalue weighted by Gasteiger charge is -2.20. The van der Waals surface area contributed by atoms with Crippen molar-refractivity contribution < 1.29 is 29.4 Å². The Bertz CT molecular complexity index is 418. The number of carboxylic acid groups (broad SMARTS) is 2. The molecule has 3 atom stereocenters. The number of hydrogen-bond acceptors (Lipinski definition) is 7. The van der Waals surface area contributed by atoms with Crippen molar-refractivity contribution in [1.29, 1.82) is 0 Å². The van der Waals surface area contributed by atoms with Crippen LogP contribution in [0.25, 0.3) is 0 Å². The number of nitrogens with two attached hydrogens (primary N) is 2. The highest BCUT2D eigenvalue weighted by Crippen LogP contribution is 1.97. The first-order chi connectivity index (χ1) is 9.72. The van der Waals surface area contributed by atoms with Gasteiger partial charge in [-0.2, -0.15) is 12.6 Å². The summed E-state index contributed by atoms with van der Waals surface area (Å²) in [5.41, 5.74) is 10.5. The topological polar surface area (TPSA) is 185 Å². The lowest BCUT2D eigenvalue weighted by Crippen LogP contribution is -2.56. The Kier molecular flexibility index (Phi) is 8.35. The Labute approximate surface area is 125 Å². The van der Waals surface area contributed by atoms with E-state index < -0.39 is 48.3 Å². The fraction of sp³-hybridized carbons (Fsp3) is 0.600. The van der Waals surface area contributed by atoms with E-state index in [9.17, 15) is 19.2 Å². The second-order valence-corrected chi connectivity index (χ2v) is 4.45. The number of amides is 2. The zero-order valence-corrected chi connectivity index (χ0v) is 11.9. The molecule has 8 N–H and O–H groups in total. The molecule has 0 fully saturated rings. The van der Waals surface area contributed by atoms with Crippen molar-refractivity contribution >= 4 is 36.4 Å². The summed E-state index contributed by atoms with van der Waals surface area (Å²) >= 11 is 3.75.